The Morgan fingerprint density at radius 3 is 2.77 bits per heavy atom. The smallest absolute Gasteiger partial charge is 0.311 e. The second kappa shape index (κ2) is 9.54. The first kappa shape index (κ1) is 24.3. The topological polar surface area (TPSA) is 91.3 Å². The van der Waals surface area contributed by atoms with Gasteiger partial charge < -0.3 is 25.0 Å². The van der Waals surface area contributed by atoms with Crippen LogP contribution in [0.25, 0.3) is 0 Å². The summed E-state index contributed by atoms with van der Waals surface area (Å²) in [7, 11) is 0. The minimum Gasteiger partial charge on any atom is -0.488 e. The molecule has 0 radical (unpaired) electrons. The second-order valence-electron chi connectivity index (χ2n) is 10.9. The highest BCUT2D eigenvalue weighted by molar-refractivity contribution is 5.79. The van der Waals surface area contributed by atoms with Gasteiger partial charge in [-0.2, -0.15) is 0 Å². The summed E-state index contributed by atoms with van der Waals surface area (Å²) in [5, 5.41) is 23.4. The summed E-state index contributed by atoms with van der Waals surface area (Å²) in [6, 6.07) is 14.5. The van der Waals surface area contributed by atoms with E-state index in [1.165, 1.54) is 11.1 Å². The third-order valence-electron chi connectivity index (χ3n) is 7.55. The molecule has 0 unspecified atom stereocenters. The molecular formula is C28H36N2O5. The number of aliphatic hydroxyl groups is 1. The van der Waals surface area contributed by atoms with Crippen LogP contribution in [0.1, 0.15) is 55.0 Å². The number of aliphatic hydroxyl groups excluding tert-OH is 1. The number of hydrogen-bond acceptors (Lipinski definition) is 6. The molecule has 7 heteroatoms. The van der Waals surface area contributed by atoms with E-state index in [1.807, 2.05) is 25.1 Å². The van der Waals surface area contributed by atoms with Crippen LogP contribution in [-0.2, 0) is 22.5 Å². The molecule has 0 aromatic heterocycles. The number of nitrogens with one attached hydrogen (secondary N) is 1. The molecule has 3 N–H and O–H groups in total. The SMILES string of the molecule is C[C@@H](OC[C@H](O)CNC(C)(C)CN1CCc2ccccc2C1)c1cccc2c1O[C@H]1[C@H](C(=O)O)[C@@H]21. The Kier molecular flexibility index (Phi) is 6.61. The van der Waals surface area contributed by atoms with Gasteiger partial charge in [0.2, 0.25) is 0 Å². The van der Waals surface area contributed by atoms with Crippen LogP contribution in [0.5, 0.6) is 5.75 Å². The molecule has 2 aromatic rings. The number of fused-ring (bicyclic) bond motifs is 4. The van der Waals surface area contributed by atoms with E-state index in [4.69, 9.17) is 9.47 Å². The fourth-order valence-electron chi connectivity index (χ4n) is 5.62. The monoisotopic (exact) mass is 480 g/mol. The van der Waals surface area contributed by atoms with E-state index in [0.29, 0.717) is 6.54 Å². The van der Waals surface area contributed by atoms with Crippen molar-refractivity contribution < 1.29 is 24.5 Å². The van der Waals surface area contributed by atoms with Crippen LogP contribution in [0.4, 0.5) is 0 Å². The summed E-state index contributed by atoms with van der Waals surface area (Å²) in [4.78, 5) is 13.8. The maximum atomic E-state index is 11.3. The van der Waals surface area contributed by atoms with E-state index >= 15 is 0 Å². The van der Waals surface area contributed by atoms with Crippen molar-refractivity contribution in [2.45, 2.75) is 63.5 Å². The Balaban J connectivity index is 1.09. The number of carboxylic acids is 1. The molecule has 2 heterocycles. The van der Waals surface area contributed by atoms with Crippen molar-refractivity contribution in [3.05, 3.63) is 64.7 Å². The Bertz CT molecular complexity index is 1090. The molecule has 1 fully saturated rings. The van der Waals surface area contributed by atoms with E-state index in [1.54, 1.807) is 0 Å². The van der Waals surface area contributed by atoms with Gasteiger partial charge in [-0.15, -0.1) is 0 Å². The fraction of sp³-hybridized carbons (Fsp3) is 0.536. The van der Waals surface area contributed by atoms with E-state index in [9.17, 15) is 15.0 Å². The lowest BCUT2D eigenvalue weighted by atomic mass is 9.97. The number of nitrogens with zero attached hydrogens (tertiary/aromatic N) is 1. The predicted octanol–water partition coefficient (Wildman–Crippen LogP) is 3.11. The van der Waals surface area contributed by atoms with Crippen LogP contribution in [0.2, 0.25) is 0 Å². The summed E-state index contributed by atoms with van der Waals surface area (Å²) >= 11 is 0. The van der Waals surface area contributed by atoms with Crippen molar-refractivity contribution >= 4 is 5.97 Å². The quantitative estimate of drug-likeness (QED) is 0.481. The molecule has 0 saturated heterocycles. The molecule has 7 nitrogen and oxygen atoms in total. The number of carboxylic acid groups (broad SMARTS) is 1. The van der Waals surface area contributed by atoms with Crippen LogP contribution in [0.15, 0.2) is 42.5 Å². The zero-order valence-electron chi connectivity index (χ0n) is 20.7. The van der Waals surface area contributed by atoms with Gasteiger partial charge >= 0.3 is 5.97 Å². The van der Waals surface area contributed by atoms with Crippen molar-refractivity contribution in [1.29, 1.82) is 0 Å². The number of aliphatic carboxylic acids is 1. The zero-order chi connectivity index (χ0) is 24.7. The van der Waals surface area contributed by atoms with E-state index in [0.717, 1.165) is 42.9 Å². The van der Waals surface area contributed by atoms with Crippen molar-refractivity contribution in [3.63, 3.8) is 0 Å². The van der Waals surface area contributed by atoms with Crippen molar-refractivity contribution in [2.75, 3.05) is 26.2 Å². The molecule has 0 bridgehead atoms. The fourth-order valence-corrected chi connectivity index (χ4v) is 5.62. The summed E-state index contributed by atoms with van der Waals surface area (Å²) in [5.74, 6) is -0.543. The lowest BCUT2D eigenvalue weighted by molar-refractivity contribution is -0.139. The summed E-state index contributed by atoms with van der Waals surface area (Å²) in [6.45, 7) is 9.84. The van der Waals surface area contributed by atoms with Gasteiger partial charge in [-0.05, 0) is 38.3 Å². The lowest BCUT2D eigenvalue weighted by Crippen LogP contribution is -2.52. The number of para-hydroxylation sites is 1. The molecule has 0 amide bonds. The minimum absolute atomic E-state index is 0.0555. The van der Waals surface area contributed by atoms with Gasteiger partial charge in [0.15, 0.2) is 0 Å². The summed E-state index contributed by atoms with van der Waals surface area (Å²) in [6.07, 6.45) is -0.0873. The van der Waals surface area contributed by atoms with Gasteiger partial charge in [-0.1, -0.05) is 42.5 Å². The lowest BCUT2D eigenvalue weighted by Gasteiger charge is -2.37. The third-order valence-corrected chi connectivity index (χ3v) is 7.55. The molecule has 2 aliphatic heterocycles. The number of hydrogen-bond donors (Lipinski definition) is 3. The average molecular weight is 481 g/mol. The molecule has 5 rings (SSSR count). The molecule has 1 saturated carbocycles. The Hall–Kier alpha value is -2.45. The first-order valence-corrected chi connectivity index (χ1v) is 12.6. The highest BCUT2D eigenvalue weighted by Crippen LogP contribution is 2.59. The standard InChI is InChI=1S/C28H36N2O5/c1-17(21-9-6-10-22-23-24(27(32)33)26(23)35-25(21)22)34-15-20(31)13-29-28(2,3)16-30-12-11-18-7-4-5-8-19(18)14-30/h4-10,17,20,23-24,26,29,31H,11-16H2,1-3H3,(H,32,33)/t17-,20-,23-,24-,26-/m1/s1. The number of rotatable bonds is 10. The van der Waals surface area contributed by atoms with Crippen LogP contribution in [0.3, 0.4) is 0 Å². The summed E-state index contributed by atoms with van der Waals surface area (Å²) in [5.41, 5.74) is 4.58. The van der Waals surface area contributed by atoms with Gasteiger partial charge in [0.25, 0.3) is 0 Å². The van der Waals surface area contributed by atoms with Gasteiger partial charge in [0.05, 0.1) is 18.8 Å². The Labute approximate surface area is 207 Å². The number of carbonyl (C=O) groups is 1. The third kappa shape index (κ3) is 5.09. The average Bonchev–Trinajstić information content (AvgIpc) is 3.43. The van der Waals surface area contributed by atoms with Crippen molar-refractivity contribution in [1.82, 2.24) is 10.2 Å². The van der Waals surface area contributed by atoms with Crippen LogP contribution >= 0.6 is 0 Å². The summed E-state index contributed by atoms with van der Waals surface area (Å²) < 4.78 is 12.0. The van der Waals surface area contributed by atoms with Crippen LogP contribution in [0, 0.1) is 5.92 Å². The van der Waals surface area contributed by atoms with Gasteiger partial charge in [0.1, 0.15) is 17.8 Å². The predicted molar refractivity (Wildman–Crippen MR) is 133 cm³/mol. The van der Waals surface area contributed by atoms with E-state index in [-0.39, 0.29) is 30.3 Å². The maximum absolute atomic E-state index is 11.3. The number of benzene rings is 2. The van der Waals surface area contributed by atoms with Crippen molar-refractivity contribution in [3.8, 4) is 5.75 Å². The number of β-amino-alcohol motifs (C(OH)–C–C–N with tert-alkyl or cyclic N) is 1. The highest BCUT2D eigenvalue weighted by atomic mass is 16.5. The van der Waals surface area contributed by atoms with Gasteiger partial charge in [0, 0.05) is 48.8 Å². The molecular weight excluding hydrogens is 444 g/mol. The largest absolute Gasteiger partial charge is 0.488 e. The molecule has 5 atom stereocenters. The number of ether oxygens (including phenoxy) is 2. The second-order valence-corrected chi connectivity index (χ2v) is 10.9. The van der Waals surface area contributed by atoms with Gasteiger partial charge in [-0.3, -0.25) is 9.69 Å². The Morgan fingerprint density at radius 1 is 1.23 bits per heavy atom. The van der Waals surface area contributed by atoms with Crippen molar-refractivity contribution in [2.24, 2.45) is 5.92 Å². The molecule has 188 valence electrons. The maximum Gasteiger partial charge on any atom is 0.311 e. The van der Waals surface area contributed by atoms with Crippen LogP contribution in [-0.4, -0.2) is 65.1 Å². The first-order chi connectivity index (χ1) is 16.7. The van der Waals surface area contributed by atoms with E-state index < -0.39 is 18.0 Å². The zero-order valence-corrected chi connectivity index (χ0v) is 20.7. The Morgan fingerprint density at radius 2 is 2.00 bits per heavy atom. The molecule has 3 aliphatic rings. The van der Waals surface area contributed by atoms with E-state index in [2.05, 4.69) is 48.3 Å². The highest BCUT2D eigenvalue weighted by Gasteiger charge is 2.63. The molecule has 1 aliphatic carbocycles. The normalized spacial score (nSPS) is 24.6. The molecule has 0 spiro atoms. The first-order valence-electron chi connectivity index (χ1n) is 12.6. The van der Waals surface area contributed by atoms with Crippen LogP contribution < -0.4 is 10.1 Å². The molecule has 2 aromatic carbocycles. The minimum atomic E-state index is -0.802. The molecule has 35 heavy (non-hydrogen) atoms. The van der Waals surface area contributed by atoms with Gasteiger partial charge in [-0.25, -0.2) is 0 Å².